The summed E-state index contributed by atoms with van der Waals surface area (Å²) in [4.78, 5) is 92.9. The number of aromatic carboxylic acids is 1. The van der Waals surface area contributed by atoms with Crippen molar-refractivity contribution in [2.75, 3.05) is 103 Å². The summed E-state index contributed by atoms with van der Waals surface area (Å²) in [6, 6.07) is 4.65. The maximum absolute atomic E-state index is 15.1. The highest BCUT2D eigenvalue weighted by Crippen LogP contribution is 2.43. The fraction of sp³-hybridized carbons (Fsp3) is 0.435. The molecule has 3 amide bonds. The van der Waals surface area contributed by atoms with E-state index in [0.29, 0.717) is 34.5 Å². The van der Waals surface area contributed by atoms with Crippen LogP contribution in [0.1, 0.15) is 97.8 Å². The van der Waals surface area contributed by atoms with E-state index in [0.717, 1.165) is 113 Å². The molecule has 522 valence electrons. The first-order chi connectivity index (χ1) is 45.0. The second-order valence-electron chi connectivity index (χ2n) is 22.5. The Kier molecular flexibility index (Phi) is 27.3. The predicted octanol–water partition coefficient (Wildman–Crippen LogP) is 11.6. The minimum Gasteiger partial charge on any atom is -0.495 e. The number of carbonyl (C=O) groups is 5. The Morgan fingerprint density at radius 2 is 0.823 bits per heavy atom. The number of halogens is 11. The normalized spacial score (nSPS) is 20.7. The average molecular weight is 1420 g/mol. The van der Waals surface area contributed by atoms with E-state index in [1.807, 2.05) is 14.7 Å². The molecule has 1 unspecified atom stereocenters. The van der Waals surface area contributed by atoms with E-state index in [1.54, 1.807) is 0 Å². The van der Waals surface area contributed by atoms with Gasteiger partial charge in [-0.15, -0.1) is 0 Å². The van der Waals surface area contributed by atoms with E-state index in [1.165, 1.54) is 81.8 Å². The first kappa shape index (κ1) is 77.9. The number of alkyl halides is 3. The Labute approximate surface area is 563 Å². The quantitative estimate of drug-likeness (QED) is 0.0385. The van der Waals surface area contributed by atoms with Crippen molar-refractivity contribution in [3.05, 3.63) is 119 Å². The molecular weight excluding hydrogens is 1340 g/mol. The standard InChI is InChI=1S/3C15H18ClFN4O.C9H10FNO3.C8H8FNO3.F2.FH/c3*1-3-15(17)9-21(10-6-4-5-7-10)12-11(20(2)13(15)22)8-18-14(16)19-12;1-13-8-3-5(9(12)14-2)6(10)4-7(8)11;1-13-7-2-4(8(11)12)5(9)3-6(7)10;1-2;/h3*3,8,10H,1,4-7,9H2,2H3;3-4H,11H2,1-2H3;2-3H,10H2,1H3,(H,11,12);;1H/t2*15-;;;;;/m10...../s1. The summed E-state index contributed by atoms with van der Waals surface area (Å²) in [5.41, 5.74) is 5.31. The molecule has 5 aromatic rings. The number of nitrogen functional groups attached to an aromatic ring is 2. The molecule has 5 N–H and O–H groups in total. The Bertz CT molecular complexity index is 3400. The Morgan fingerprint density at radius 1 is 0.552 bits per heavy atom. The first-order valence-corrected chi connectivity index (χ1v) is 30.6. The van der Waals surface area contributed by atoms with E-state index in [-0.39, 0.29) is 86.8 Å². The molecule has 0 spiro atoms. The Morgan fingerprint density at radius 3 is 1.07 bits per heavy atom. The van der Waals surface area contributed by atoms with Crippen LogP contribution < -0.4 is 50.3 Å². The third-order valence-corrected chi connectivity index (χ3v) is 17.3. The van der Waals surface area contributed by atoms with Crippen molar-refractivity contribution >= 4 is 110 Å². The van der Waals surface area contributed by atoms with Gasteiger partial charge in [0.25, 0.3) is 17.7 Å². The summed E-state index contributed by atoms with van der Waals surface area (Å²) >= 11 is 17.8. The zero-order chi connectivity index (χ0) is 70.4. The predicted molar refractivity (Wildman–Crippen MR) is 350 cm³/mol. The molecule has 3 aromatic heterocycles. The molecule has 0 bridgehead atoms. The molecule has 3 saturated carbocycles. The van der Waals surface area contributed by atoms with E-state index >= 15 is 13.2 Å². The highest BCUT2D eigenvalue weighted by atomic mass is 35.5. The van der Waals surface area contributed by atoms with Gasteiger partial charge in [-0.3, -0.25) is 19.1 Å². The molecule has 96 heavy (non-hydrogen) atoms. The largest absolute Gasteiger partial charge is 0.495 e. The third kappa shape index (κ3) is 17.2. The minimum absolute atomic E-state index is 0. The van der Waals surface area contributed by atoms with Crippen LogP contribution in [0.2, 0.25) is 15.9 Å². The minimum atomic E-state index is -2.15. The van der Waals surface area contributed by atoms with Crippen molar-refractivity contribution in [1.29, 1.82) is 0 Å². The van der Waals surface area contributed by atoms with E-state index in [9.17, 15) is 32.8 Å². The number of nitrogens with zero attached hydrogens (tertiary/aromatic N) is 12. The molecule has 3 aliphatic heterocycles. The fourth-order valence-corrected chi connectivity index (χ4v) is 12.0. The van der Waals surface area contributed by atoms with Crippen LogP contribution in [0.3, 0.4) is 0 Å². The number of carboxylic acid groups (broad SMARTS) is 1. The second-order valence-corrected chi connectivity index (χ2v) is 23.5. The number of hydrogen-bond donors (Lipinski definition) is 3. The summed E-state index contributed by atoms with van der Waals surface area (Å²) in [5.74, 6) is -3.74. The summed E-state index contributed by atoms with van der Waals surface area (Å²) in [5, 5.41) is 8.81. The van der Waals surface area contributed by atoms with Crippen LogP contribution in [0.25, 0.3) is 0 Å². The molecule has 23 nitrogen and oxygen atoms in total. The highest BCUT2D eigenvalue weighted by Gasteiger charge is 2.49. The van der Waals surface area contributed by atoms with Crippen molar-refractivity contribution in [2.45, 2.75) is 112 Å². The lowest BCUT2D eigenvalue weighted by Crippen LogP contribution is -2.49. The number of rotatable bonds is 10. The molecule has 3 fully saturated rings. The average Bonchev–Trinajstić information content (AvgIpc) is 1.64. The van der Waals surface area contributed by atoms with Crippen molar-refractivity contribution in [1.82, 2.24) is 29.9 Å². The maximum atomic E-state index is 15.1. The van der Waals surface area contributed by atoms with Crippen molar-refractivity contribution in [3.63, 3.8) is 0 Å². The van der Waals surface area contributed by atoms with E-state index in [4.69, 9.17) is 70.0 Å². The van der Waals surface area contributed by atoms with Gasteiger partial charge in [-0.2, -0.15) is 15.0 Å². The number of esters is 1. The summed E-state index contributed by atoms with van der Waals surface area (Å²) in [7, 11) is 8.45. The van der Waals surface area contributed by atoms with Gasteiger partial charge in [-0.05, 0) is 104 Å². The topological polar surface area (TPSA) is 282 Å². The molecule has 34 heteroatoms. The van der Waals surface area contributed by atoms with Gasteiger partial charge in [-0.1, -0.05) is 58.3 Å². The summed E-state index contributed by atoms with van der Waals surface area (Å²) in [6.07, 6.45) is 19.9. The lowest BCUT2D eigenvalue weighted by Gasteiger charge is -2.32. The number of fused-ring (bicyclic) bond motifs is 3. The highest BCUT2D eigenvalue weighted by molar-refractivity contribution is 6.29. The molecule has 3 aliphatic carbocycles. The fourth-order valence-electron chi connectivity index (χ4n) is 11.6. The van der Waals surface area contributed by atoms with E-state index < -0.39 is 63.9 Å². The maximum Gasteiger partial charge on any atom is 0.340 e. The molecular formula is C62H73Cl3F8N14O9. The smallest absolute Gasteiger partial charge is 0.340 e. The van der Waals surface area contributed by atoms with Crippen LogP contribution in [-0.4, -0.2) is 162 Å². The van der Waals surface area contributed by atoms with Crippen molar-refractivity contribution < 1.29 is 79.1 Å². The second kappa shape index (κ2) is 33.7. The van der Waals surface area contributed by atoms with Crippen LogP contribution in [0.4, 0.5) is 81.7 Å². The van der Waals surface area contributed by atoms with Crippen LogP contribution in [0, 0.1) is 11.6 Å². The van der Waals surface area contributed by atoms with Gasteiger partial charge in [0.2, 0.25) is 32.9 Å². The zero-order valence-electron chi connectivity index (χ0n) is 53.2. The number of benzene rings is 2. The van der Waals surface area contributed by atoms with Crippen LogP contribution in [0.15, 0.2) is 80.8 Å². The number of amides is 3. The number of aromatic nitrogens is 6. The van der Waals surface area contributed by atoms with Gasteiger partial charge >= 0.3 is 11.9 Å². The Balaban J connectivity index is 0.000000218. The number of ether oxygens (including phenoxy) is 3. The first-order valence-electron chi connectivity index (χ1n) is 29.5. The van der Waals surface area contributed by atoms with Gasteiger partial charge < -0.3 is 60.2 Å². The lowest BCUT2D eigenvalue weighted by atomic mass is 10.0. The summed E-state index contributed by atoms with van der Waals surface area (Å²) < 4.78 is 101. The van der Waals surface area contributed by atoms with Crippen LogP contribution in [0.5, 0.6) is 11.5 Å². The molecule has 3 atom stereocenters. The van der Waals surface area contributed by atoms with Gasteiger partial charge in [-0.25, -0.2) is 46.5 Å². The Hall–Kier alpha value is -8.84. The lowest BCUT2D eigenvalue weighted by molar-refractivity contribution is -0.127. The van der Waals surface area contributed by atoms with Gasteiger partial charge in [0.15, 0.2) is 17.5 Å². The number of methoxy groups -OCH3 is 3. The molecule has 6 heterocycles. The molecule has 0 radical (unpaired) electrons. The van der Waals surface area contributed by atoms with Gasteiger partial charge in [0.05, 0.1) is 82.1 Å². The van der Waals surface area contributed by atoms with Gasteiger partial charge in [0.1, 0.15) is 40.2 Å². The SMILES string of the molecule is C=CC1(F)CN(C2CCCC2)c2nc(Cl)ncc2N(C)C1=O.C=C[C@@]1(F)CN(C2CCCC2)c2nc(Cl)ncc2N(C)C1=O.C=C[C@]1(F)CN(C2CCCC2)c2nc(Cl)ncc2N(C)C1=O.COC(=O)c1cc(OC)c(N)cc1F.COc1cc(C(=O)O)c(F)cc1N.F.FF. The number of anilines is 8. The molecule has 11 rings (SSSR count). The summed E-state index contributed by atoms with van der Waals surface area (Å²) in [6.45, 7) is 10.3. The van der Waals surface area contributed by atoms with Crippen molar-refractivity contribution in [3.8, 4) is 11.5 Å². The number of carbonyl (C=O) groups excluding carboxylic acids is 4. The third-order valence-electron chi connectivity index (χ3n) is 16.8. The number of carboxylic acids is 1. The van der Waals surface area contributed by atoms with Crippen LogP contribution in [-0.2, 0) is 19.1 Å². The molecule has 0 saturated heterocycles. The van der Waals surface area contributed by atoms with Crippen LogP contribution >= 0.6 is 34.8 Å². The van der Waals surface area contributed by atoms with E-state index in [2.05, 4.69) is 54.4 Å². The number of hydrogen-bond acceptors (Lipinski definition) is 19. The van der Waals surface area contributed by atoms with Gasteiger partial charge in [0, 0.05) is 60.5 Å². The molecule has 2 aromatic carbocycles. The monoisotopic (exact) mass is 1410 g/mol. The number of nitrogens with two attached hydrogens (primary N) is 2. The van der Waals surface area contributed by atoms with Crippen molar-refractivity contribution in [2.24, 2.45) is 0 Å². The molecule has 6 aliphatic rings. The zero-order valence-corrected chi connectivity index (χ0v) is 55.4.